The molecule has 0 spiro atoms. The quantitative estimate of drug-likeness (QED) is 0.423. The summed E-state index contributed by atoms with van der Waals surface area (Å²) in [5.41, 5.74) is 3.05. The van der Waals surface area contributed by atoms with Crippen molar-refractivity contribution in [3.05, 3.63) is 70.0 Å². The van der Waals surface area contributed by atoms with Crippen LogP contribution < -0.4 is 16.2 Å². The average molecular weight is 458 g/mol. The Kier molecular flexibility index (Phi) is 4.79. The van der Waals surface area contributed by atoms with E-state index in [0.717, 1.165) is 43.6 Å². The summed E-state index contributed by atoms with van der Waals surface area (Å²) in [7, 11) is 0. The van der Waals surface area contributed by atoms with E-state index in [1.807, 2.05) is 10.7 Å². The molecule has 174 valence electrons. The van der Waals surface area contributed by atoms with Crippen LogP contribution in [0.3, 0.4) is 0 Å². The first kappa shape index (κ1) is 21.0. The van der Waals surface area contributed by atoms with Crippen LogP contribution in [0.5, 0.6) is 0 Å². The number of pyridine rings is 1. The number of aromatic nitrogens is 5. The molecular formula is C25H27N7O2. The maximum atomic E-state index is 13.3. The summed E-state index contributed by atoms with van der Waals surface area (Å²) in [6.45, 7) is 5.16. The van der Waals surface area contributed by atoms with E-state index in [4.69, 9.17) is 0 Å². The van der Waals surface area contributed by atoms with Crippen LogP contribution >= 0.6 is 0 Å². The van der Waals surface area contributed by atoms with Gasteiger partial charge in [-0.15, -0.1) is 0 Å². The Bertz CT molecular complexity index is 1460. The van der Waals surface area contributed by atoms with Gasteiger partial charge in [-0.25, -0.2) is 24.3 Å². The monoisotopic (exact) mass is 457 g/mol. The minimum atomic E-state index is -1.20. The summed E-state index contributed by atoms with van der Waals surface area (Å²) in [4.78, 5) is 26.7. The molecule has 0 unspecified atom stereocenters. The Balaban J connectivity index is 1.46. The minimum Gasteiger partial charge on any atom is -0.382 e. The van der Waals surface area contributed by atoms with E-state index in [2.05, 4.69) is 43.8 Å². The van der Waals surface area contributed by atoms with Crippen LogP contribution in [0.2, 0.25) is 0 Å². The van der Waals surface area contributed by atoms with Crippen LogP contribution in [0.4, 0.5) is 11.5 Å². The first-order valence-electron chi connectivity index (χ1n) is 11.7. The van der Waals surface area contributed by atoms with Crippen molar-refractivity contribution in [3.8, 4) is 5.82 Å². The topological polar surface area (TPSA) is 110 Å². The van der Waals surface area contributed by atoms with Crippen molar-refractivity contribution in [2.24, 2.45) is 0 Å². The smallest absolute Gasteiger partial charge is 0.276 e. The van der Waals surface area contributed by atoms with Gasteiger partial charge in [-0.1, -0.05) is 6.07 Å². The van der Waals surface area contributed by atoms with Gasteiger partial charge in [0.1, 0.15) is 11.4 Å². The number of rotatable bonds is 5. The van der Waals surface area contributed by atoms with Crippen molar-refractivity contribution >= 4 is 22.4 Å². The molecule has 1 aliphatic heterocycles. The summed E-state index contributed by atoms with van der Waals surface area (Å²) in [5.74, 6) is 1.49. The predicted molar refractivity (Wildman–Crippen MR) is 130 cm³/mol. The van der Waals surface area contributed by atoms with E-state index >= 15 is 0 Å². The highest BCUT2D eigenvalue weighted by Gasteiger charge is 2.31. The Morgan fingerprint density at radius 3 is 2.79 bits per heavy atom. The van der Waals surface area contributed by atoms with Crippen LogP contribution in [0.25, 0.3) is 16.7 Å². The minimum absolute atomic E-state index is 0.0835. The number of nitrogens with zero attached hydrogens (tertiary/aromatic N) is 5. The van der Waals surface area contributed by atoms with Gasteiger partial charge < -0.3 is 15.7 Å². The zero-order chi connectivity index (χ0) is 23.4. The first-order valence-corrected chi connectivity index (χ1v) is 11.7. The molecular weight excluding hydrogens is 430 g/mol. The Labute approximate surface area is 196 Å². The fourth-order valence-corrected chi connectivity index (χ4v) is 4.53. The number of benzene rings is 1. The van der Waals surface area contributed by atoms with Crippen LogP contribution in [-0.2, 0) is 18.6 Å². The second-order valence-corrected chi connectivity index (χ2v) is 9.61. The summed E-state index contributed by atoms with van der Waals surface area (Å²) in [6.07, 6.45) is 6.17. The molecule has 3 aromatic heterocycles. The van der Waals surface area contributed by atoms with Crippen molar-refractivity contribution in [1.29, 1.82) is 0 Å². The third-order valence-corrected chi connectivity index (χ3v) is 6.43. The molecule has 0 atom stereocenters. The summed E-state index contributed by atoms with van der Waals surface area (Å²) < 4.78 is 3.60. The lowest BCUT2D eigenvalue weighted by Crippen LogP contribution is -2.24. The van der Waals surface area contributed by atoms with Gasteiger partial charge in [0.2, 0.25) is 0 Å². The van der Waals surface area contributed by atoms with Gasteiger partial charge in [-0.05, 0) is 62.9 Å². The van der Waals surface area contributed by atoms with E-state index in [1.54, 1.807) is 37.0 Å². The van der Waals surface area contributed by atoms with Gasteiger partial charge in [-0.3, -0.25) is 4.79 Å². The molecule has 4 heterocycles. The predicted octanol–water partition coefficient (Wildman–Crippen LogP) is 2.93. The van der Waals surface area contributed by atoms with Crippen molar-refractivity contribution in [2.45, 2.75) is 51.3 Å². The molecule has 0 amide bonds. The van der Waals surface area contributed by atoms with E-state index in [-0.39, 0.29) is 11.6 Å². The molecule has 4 aromatic rings. The highest BCUT2D eigenvalue weighted by Crippen LogP contribution is 2.36. The molecule has 0 bridgehead atoms. The Morgan fingerprint density at radius 1 is 1.15 bits per heavy atom. The molecule has 1 aromatic carbocycles. The second-order valence-electron chi connectivity index (χ2n) is 9.61. The van der Waals surface area contributed by atoms with E-state index in [0.29, 0.717) is 22.8 Å². The highest BCUT2D eigenvalue weighted by molar-refractivity contribution is 5.82. The molecule has 1 saturated carbocycles. The summed E-state index contributed by atoms with van der Waals surface area (Å²) in [6, 6.07) is 10.2. The largest absolute Gasteiger partial charge is 0.382 e. The standard InChI is InChI=1S/C25H27N7O2/c1-25(2,34)24-27-10-8-22(30-24)32-20-12-21(28-14-19(20)23(33)31(32)18-5-6-18)29-17-4-3-15-7-9-26-13-16(15)11-17/h3-4,8,10-12,14,18,26,34H,5-7,9,13H2,1-2H3,(H,28,29). The van der Waals surface area contributed by atoms with E-state index in [9.17, 15) is 9.90 Å². The van der Waals surface area contributed by atoms with Gasteiger partial charge in [0.25, 0.3) is 5.56 Å². The lowest BCUT2D eigenvalue weighted by molar-refractivity contribution is 0.0686. The summed E-state index contributed by atoms with van der Waals surface area (Å²) in [5, 5.41) is 17.8. The lowest BCUT2D eigenvalue weighted by Gasteiger charge is -2.18. The van der Waals surface area contributed by atoms with Crippen molar-refractivity contribution in [1.82, 2.24) is 29.6 Å². The number of fused-ring (bicyclic) bond motifs is 2. The number of anilines is 2. The van der Waals surface area contributed by atoms with E-state index in [1.165, 1.54) is 11.1 Å². The number of hydrogen-bond donors (Lipinski definition) is 3. The fourth-order valence-electron chi connectivity index (χ4n) is 4.53. The van der Waals surface area contributed by atoms with Crippen molar-refractivity contribution < 1.29 is 5.11 Å². The molecule has 9 nitrogen and oxygen atoms in total. The Hall–Kier alpha value is -3.56. The van der Waals surface area contributed by atoms with Crippen LogP contribution in [-0.4, -0.2) is 36.0 Å². The third-order valence-electron chi connectivity index (χ3n) is 6.43. The van der Waals surface area contributed by atoms with Gasteiger partial charge in [0, 0.05) is 36.8 Å². The van der Waals surface area contributed by atoms with Crippen LogP contribution in [0.1, 0.15) is 49.7 Å². The van der Waals surface area contributed by atoms with Crippen molar-refractivity contribution in [2.75, 3.05) is 11.9 Å². The van der Waals surface area contributed by atoms with Crippen LogP contribution in [0, 0.1) is 0 Å². The zero-order valence-corrected chi connectivity index (χ0v) is 19.2. The maximum absolute atomic E-state index is 13.3. The molecule has 2 aliphatic rings. The van der Waals surface area contributed by atoms with E-state index < -0.39 is 5.60 Å². The summed E-state index contributed by atoms with van der Waals surface area (Å²) >= 11 is 0. The Morgan fingerprint density at radius 2 is 2.00 bits per heavy atom. The molecule has 6 rings (SSSR count). The first-order chi connectivity index (χ1) is 16.4. The maximum Gasteiger partial charge on any atom is 0.276 e. The van der Waals surface area contributed by atoms with Gasteiger partial charge in [-0.2, -0.15) is 0 Å². The highest BCUT2D eigenvalue weighted by atomic mass is 16.3. The SMILES string of the molecule is CC(C)(O)c1nccc(-n2c3cc(Nc4ccc5c(c4)CNCC5)ncc3c(=O)n2C2CC2)n1. The molecule has 34 heavy (non-hydrogen) atoms. The molecule has 1 fully saturated rings. The third kappa shape index (κ3) is 3.66. The van der Waals surface area contributed by atoms with Gasteiger partial charge in [0.05, 0.1) is 16.9 Å². The molecule has 1 aliphatic carbocycles. The molecule has 0 saturated heterocycles. The molecule has 9 heteroatoms. The van der Waals surface area contributed by atoms with Crippen LogP contribution in [0.15, 0.2) is 47.5 Å². The fraction of sp³-hybridized carbons (Fsp3) is 0.360. The zero-order valence-electron chi connectivity index (χ0n) is 19.2. The number of nitrogens with one attached hydrogen (secondary N) is 2. The second kappa shape index (κ2) is 7.75. The average Bonchev–Trinajstić information content (AvgIpc) is 3.62. The van der Waals surface area contributed by atoms with Crippen molar-refractivity contribution in [3.63, 3.8) is 0 Å². The lowest BCUT2D eigenvalue weighted by atomic mass is 10.0. The number of aliphatic hydroxyl groups is 1. The number of hydrogen-bond acceptors (Lipinski definition) is 7. The molecule has 0 radical (unpaired) electrons. The van der Waals surface area contributed by atoms with Gasteiger partial charge >= 0.3 is 0 Å². The normalized spacial score (nSPS) is 16.0. The van der Waals surface area contributed by atoms with Gasteiger partial charge in [0.15, 0.2) is 11.6 Å². The molecule has 3 N–H and O–H groups in total.